The second kappa shape index (κ2) is 10.9. The van der Waals surface area contributed by atoms with Gasteiger partial charge in [0.15, 0.2) is 11.5 Å². The molecular weight excluding hydrogens is 444 g/mol. The standard InChI is InChI=1S/C27H24N4O4/c1-34-25-13-10-18(14-26(25)35-2)15-27(33)31-28-17-20-16-21(11-12-24(20)32)29-30-23-9-5-7-19-6-3-4-8-22(19)23/h3-14,16-17,32H,15H2,1-2H3,(H,31,33)/b28-17+,30-29?. The number of methoxy groups -OCH3 is 2. The zero-order chi connectivity index (χ0) is 24.6. The molecule has 176 valence electrons. The molecule has 0 unspecified atom stereocenters. The Bertz CT molecular complexity index is 1410. The number of nitrogens with zero attached hydrogens (tertiary/aromatic N) is 3. The van der Waals surface area contributed by atoms with E-state index in [9.17, 15) is 9.90 Å². The summed E-state index contributed by atoms with van der Waals surface area (Å²) in [6.07, 6.45) is 1.46. The highest BCUT2D eigenvalue weighted by Crippen LogP contribution is 2.29. The summed E-state index contributed by atoms with van der Waals surface area (Å²) >= 11 is 0. The molecule has 0 saturated carbocycles. The topological polar surface area (TPSA) is 105 Å². The summed E-state index contributed by atoms with van der Waals surface area (Å²) in [6.45, 7) is 0. The highest BCUT2D eigenvalue weighted by molar-refractivity contribution is 5.92. The van der Waals surface area contributed by atoms with E-state index in [1.807, 2.05) is 42.5 Å². The van der Waals surface area contributed by atoms with E-state index < -0.39 is 0 Å². The second-order valence-corrected chi connectivity index (χ2v) is 7.60. The van der Waals surface area contributed by atoms with Gasteiger partial charge in [0.2, 0.25) is 5.91 Å². The monoisotopic (exact) mass is 468 g/mol. The molecule has 8 heteroatoms. The molecule has 0 aliphatic rings. The van der Waals surface area contributed by atoms with Crippen molar-refractivity contribution >= 4 is 34.3 Å². The molecule has 4 rings (SSSR count). The fourth-order valence-electron chi connectivity index (χ4n) is 3.50. The molecular formula is C27H24N4O4. The van der Waals surface area contributed by atoms with Gasteiger partial charge in [-0.1, -0.05) is 42.5 Å². The van der Waals surface area contributed by atoms with Crippen LogP contribution in [0.2, 0.25) is 0 Å². The molecule has 8 nitrogen and oxygen atoms in total. The van der Waals surface area contributed by atoms with Gasteiger partial charge in [0, 0.05) is 10.9 Å². The van der Waals surface area contributed by atoms with E-state index in [4.69, 9.17) is 9.47 Å². The zero-order valence-electron chi connectivity index (χ0n) is 19.3. The molecule has 4 aromatic rings. The Kier molecular flexibility index (Phi) is 7.32. The van der Waals surface area contributed by atoms with E-state index in [1.165, 1.54) is 19.4 Å². The van der Waals surface area contributed by atoms with E-state index in [2.05, 4.69) is 20.8 Å². The minimum atomic E-state index is -0.320. The molecule has 0 bridgehead atoms. The number of fused-ring (bicyclic) bond motifs is 1. The summed E-state index contributed by atoms with van der Waals surface area (Å²) < 4.78 is 10.5. The number of hydrogen-bond acceptors (Lipinski definition) is 7. The van der Waals surface area contributed by atoms with E-state index >= 15 is 0 Å². The SMILES string of the molecule is COc1ccc(CC(=O)N/N=C/c2cc(N=Nc3cccc4ccccc34)ccc2O)cc1OC. The highest BCUT2D eigenvalue weighted by Gasteiger charge is 2.08. The van der Waals surface area contributed by atoms with Crippen LogP contribution >= 0.6 is 0 Å². The minimum absolute atomic E-state index is 0.00648. The minimum Gasteiger partial charge on any atom is -0.507 e. The number of carbonyl (C=O) groups is 1. The van der Waals surface area contributed by atoms with Gasteiger partial charge in [0.25, 0.3) is 0 Å². The van der Waals surface area contributed by atoms with Gasteiger partial charge in [0.1, 0.15) is 5.75 Å². The summed E-state index contributed by atoms with van der Waals surface area (Å²) in [5, 5.41) is 24.9. The lowest BCUT2D eigenvalue weighted by Crippen LogP contribution is -2.19. The van der Waals surface area contributed by atoms with Crippen LogP contribution in [0, 0.1) is 0 Å². The molecule has 0 radical (unpaired) electrons. The zero-order valence-corrected chi connectivity index (χ0v) is 19.3. The Morgan fingerprint density at radius 2 is 1.71 bits per heavy atom. The second-order valence-electron chi connectivity index (χ2n) is 7.60. The molecule has 0 heterocycles. The van der Waals surface area contributed by atoms with Crippen LogP contribution < -0.4 is 14.9 Å². The van der Waals surface area contributed by atoms with E-state index in [0.717, 1.165) is 22.0 Å². The fraction of sp³-hybridized carbons (Fsp3) is 0.111. The molecule has 0 saturated heterocycles. The maximum absolute atomic E-state index is 12.3. The van der Waals surface area contributed by atoms with Crippen molar-refractivity contribution in [2.45, 2.75) is 6.42 Å². The third-order valence-corrected chi connectivity index (χ3v) is 5.26. The average Bonchev–Trinajstić information content (AvgIpc) is 2.88. The number of azo groups is 1. The van der Waals surface area contributed by atoms with Crippen molar-refractivity contribution in [1.82, 2.24) is 5.43 Å². The maximum Gasteiger partial charge on any atom is 0.244 e. The third kappa shape index (κ3) is 5.80. The lowest BCUT2D eigenvalue weighted by atomic mass is 10.1. The number of nitrogens with one attached hydrogen (secondary N) is 1. The van der Waals surface area contributed by atoms with Crippen LogP contribution in [0.3, 0.4) is 0 Å². The molecule has 4 aromatic carbocycles. The quantitative estimate of drug-likeness (QED) is 0.197. The molecule has 0 aromatic heterocycles. The molecule has 0 spiro atoms. The summed E-state index contributed by atoms with van der Waals surface area (Å²) in [7, 11) is 3.09. The van der Waals surface area contributed by atoms with Crippen LogP contribution in [-0.4, -0.2) is 31.4 Å². The first-order valence-electron chi connectivity index (χ1n) is 10.8. The average molecular weight is 469 g/mol. The van der Waals surface area contributed by atoms with Crippen molar-refractivity contribution in [2.75, 3.05) is 14.2 Å². The number of amides is 1. The van der Waals surface area contributed by atoms with Crippen molar-refractivity contribution in [3.05, 3.63) is 90.0 Å². The van der Waals surface area contributed by atoms with Gasteiger partial charge in [-0.3, -0.25) is 4.79 Å². The summed E-state index contributed by atoms with van der Waals surface area (Å²) in [5.74, 6) is 0.815. The van der Waals surface area contributed by atoms with E-state index in [-0.39, 0.29) is 18.1 Å². The Hall–Kier alpha value is -4.72. The molecule has 0 aliphatic carbocycles. The number of rotatable bonds is 8. The van der Waals surface area contributed by atoms with Crippen molar-refractivity contribution < 1.29 is 19.4 Å². The number of phenols is 1. The number of hydrogen-bond donors (Lipinski definition) is 2. The van der Waals surface area contributed by atoms with Crippen molar-refractivity contribution in [3.63, 3.8) is 0 Å². The number of carbonyl (C=O) groups excluding carboxylic acids is 1. The Balaban J connectivity index is 1.43. The summed E-state index contributed by atoms with van der Waals surface area (Å²) in [6, 6.07) is 23.8. The fourth-order valence-corrected chi connectivity index (χ4v) is 3.50. The van der Waals surface area contributed by atoms with Crippen molar-refractivity contribution in [3.8, 4) is 17.2 Å². The molecule has 1 amide bonds. The van der Waals surface area contributed by atoms with E-state index in [1.54, 1.807) is 37.4 Å². The molecule has 2 N–H and O–H groups in total. The number of aromatic hydroxyl groups is 1. The van der Waals surface area contributed by atoms with Crippen molar-refractivity contribution in [1.29, 1.82) is 0 Å². The maximum atomic E-state index is 12.3. The number of phenolic OH excluding ortho intramolecular Hbond substituents is 1. The lowest BCUT2D eigenvalue weighted by molar-refractivity contribution is -0.120. The van der Waals surface area contributed by atoms with Gasteiger partial charge >= 0.3 is 0 Å². The molecule has 0 aliphatic heterocycles. The summed E-state index contributed by atoms with van der Waals surface area (Å²) in [5.41, 5.74) is 4.88. The van der Waals surface area contributed by atoms with Gasteiger partial charge in [-0.25, -0.2) is 5.43 Å². The van der Waals surface area contributed by atoms with Gasteiger partial charge in [-0.15, -0.1) is 5.11 Å². The smallest absolute Gasteiger partial charge is 0.244 e. The van der Waals surface area contributed by atoms with E-state index in [0.29, 0.717) is 22.7 Å². The van der Waals surface area contributed by atoms with Crippen LogP contribution in [0.15, 0.2) is 94.2 Å². The Labute approximate surface area is 202 Å². The molecule has 0 fully saturated rings. The van der Waals surface area contributed by atoms with Gasteiger partial charge in [-0.2, -0.15) is 10.2 Å². The molecule has 0 atom stereocenters. The highest BCUT2D eigenvalue weighted by atomic mass is 16.5. The molecule has 35 heavy (non-hydrogen) atoms. The first-order chi connectivity index (χ1) is 17.1. The first kappa shape index (κ1) is 23.4. The number of benzene rings is 4. The largest absolute Gasteiger partial charge is 0.507 e. The number of hydrazone groups is 1. The first-order valence-corrected chi connectivity index (χ1v) is 10.8. The van der Waals surface area contributed by atoms with Gasteiger partial charge in [-0.05, 0) is 47.3 Å². The lowest BCUT2D eigenvalue weighted by Gasteiger charge is -2.09. The number of ether oxygens (including phenoxy) is 2. The van der Waals surface area contributed by atoms with Crippen LogP contribution in [0.25, 0.3) is 10.8 Å². The van der Waals surface area contributed by atoms with Crippen LogP contribution in [0.1, 0.15) is 11.1 Å². The normalized spacial score (nSPS) is 11.3. The van der Waals surface area contributed by atoms with Crippen LogP contribution in [0.5, 0.6) is 17.2 Å². The third-order valence-electron chi connectivity index (χ3n) is 5.26. The predicted octanol–water partition coefficient (Wildman–Crippen LogP) is 5.67. The van der Waals surface area contributed by atoms with Gasteiger partial charge in [0.05, 0.1) is 38.2 Å². The van der Waals surface area contributed by atoms with Crippen LogP contribution in [-0.2, 0) is 11.2 Å². The van der Waals surface area contributed by atoms with Crippen molar-refractivity contribution in [2.24, 2.45) is 15.3 Å². The van der Waals surface area contributed by atoms with Crippen LogP contribution in [0.4, 0.5) is 11.4 Å². The Morgan fingerprint density at radius 3 is 2.54 bits per heavy atom. The Morgan fingerprint density at radius 1 is 0.914 bits per heavy atom. The van der Waals surface area contributed by atoms with Gasteiger partial charge < -0.3 is 14.6 Å². The predicted molar refractivity (Wildman–Crippen MR) is 135 cm³/mol. The summed E-state index contributed by atoms with van der Waals surface area (Å²) in [4.78, 5) is 12.3.